The number of nitrogens with zero attached hydrogens (tertiary/aromatic N) is 5. The van der Waals surface area contributed by atoms with Crippen LogP contribution in [0.2, 0.25) is 0 Å². The number of alkyl halides is 1. The van der Waals surface area contributed by atoms with E-state index in [9.17, 15) is 8.78 Å². The van der Waals surface area contributed by atoms with Gasteiger partial charge in [-0.3, -0.25) is 4.57 Å². The van der Waals surface area contributed by atoms with Crippen LogP contribution < -0.4 is 5.32 Å². The van der Waals surface area contributed by atoms with E-state index in [1.54, 1.807) is 22.8 Å². The molecule has 0 saturated heterocycles. The quantitative estimate of drug-likeness (QED) is 0.407. The molecule has 0 bridgehead atoms. The average Bonchev–Trinajstić information content (AvgIpc) is 3.14. The molecular weight excluding hydrogens is 446 g/mol. The van der Waals surface area contributed by atoms with Gasteiger partial charge in [-0.25, -0.2) is 18.7 Å². The zero-order chi connectivity index (χ0) is 24.3. The summed E-state index contributed by atoms with van der Waals surface area (Å²) in [5, 5.41) is 3.63. The smallest absolute Gasteiger partial charge is 0.229 e. The predicted octanol–water partition coefficient (Wildman–Crippen LogP) is 5.77. The Kier molecular flexibility index (Phi) is 5.11. The Morgan fingerprint density at radius 1 is 1.14 bits per heavy atom. The van der Waals surface area contributed by atoms with E-state index in [4.69, 9.17) is 0 Å². The highest BCUT2D eigenvalue weighted by atomic mass is 19.1. The van der Waals surface area contributed by atoms with Gasteiger partial charge < -0.3 is 10.2 Å². The van der Waals surface area contributed by atoms with Gasteiger partial charge in [-0.1, -0.05) is 6.07 Å². The number of nitrogens with one attached hydrogen (secondary N) is 1. The molecule has 3 aromatic heterocycles. The number of aryl methyl sites for hydroxylation is 1. The SMILES string of the molecule is CN1Cc2cc(Nc3ncc4c(F)cn(-c5cccc(C(C)(C)F)n5)c4n3)cc3c2C(CCC3)C1. The maximum atomic E-state index is 14.7. The van der Waals surface area contributed by atoms with Crippen molar-refractivity contribution in [1.29, 1.82) is 0 Å². The summed E-state index contributed by atoms with van der Waals surface area (Å²) in [6.45, 7) is 4.94. The van der Waals surface area contributed by atoms with Crippen molar-refractivity contribution in [2.45, 2.75) is 51.2 Å². The van der Waals surface area contributed by atoms with Crippen molar-refractivity contribution in [1.82, 2.24) is 24.4 Å². The number of anilines is 2. The molecule has 1 aromatic carbocycles. The second kappa shape index (κ2) is 8.09. The largest absolute Gasteiger partial charge is 0.324 e. The molecule has 6 nitrogen and oxygen atoms in total. The third-order valence-electron chi connectivity index (χ3n) is 7.07. The van der Waals surface area contributed by atoms with Crippen molar-refractivity contribution in [3.8, 4) is 5.82 Å². The number of likely N-dealkylation sites (N-methyl/N-ethyl adjacent to an activating group) is 1. The highest BCUT2D eigenvalue weighted by molar-refractivity contribution is 5.79. The van der Waals surface area contributed by atoms with Gasteiger partial charge in [0.1, 0.15) is 11.5 Å². The van der Waals surface area contributed by atoms with Gasteiger partial charge in [0, 0.05) is 31.2 Å². The van der Waals surface area contributed by atoms with Crippen LogP contribution in [0.1, 0.15) is 55.0 Å². The Labute approximate surface area is 203 Å². The van der Waals surface area contributed by atoms with Crippen LogP contribution in [-0.4, -0.2) is 38.0 Å². The molecule has 6 rings (SSSR count). The van der Waals surface area contributed by atoms with Crippen molar-refractivity contribution in [2.24, 2.45) is 0 Å². The number of pyridine rings is 1. The lowest BCUT2D eigenvalue weighted by atomic mass is 9.77. The summed E-state index contributed by atoms with van der Waals surface area (Å²) in [6.07, 6.45) is 6.32. The summed E-state index contributed by atoms with van der Waals surface area (Å²) in [6, 6.07) is 9.45. The number of fused-ring (bicyclic) bond motifs is 1. The van der Waals surface area contributed by atoms with Crippen LogP contribution in [0, 0.1) is 5.82 Å². The summed E-state index contributed by atoms with van der Waals surface area (Å²) in [5.74, 6) is 0.935. The fourth-order valence-corrected chi connectivity index (χ4v) is 5.53. The first-order chi connectivity index (χ1) is 16.8. The zero-order valence-electron chi connectivity index (χ0n) is 20.1. The minimum Gasteiger partial charge on any atom is -0.324 e. The summed E-state index contributed by atoms with van der Waals surface area (Å²) in [5.41, 5.74) is 4.25. The molecule has 8 heteroatoms. The van der Waals surface area contributed by atoms with Crippen molar-refractivity contribution in [3.05, 3.63) is 70.9 Å². The number of aromatic nitrogens is 4. The van der Waals surface area contributed by atoms with Crippen LogP contribution >= 0.6 is 0 Å². The lowest BCUT2D eigenvalue weighted by Gasteiger charge is -2.37. The normalized spacial score (nSPS) is 18.0. The van der Waals surface area contributed by atoms with Crippen LogP contribution in [0.3, 0.4) is 0 Å². The third-order valence-corrected chi connectivity index (χ3v) is 7.07. The van der Waals surface area contributed by atoms with E-state index < -0.39 is 11.5 Å². The molecule has 1 aliphatic carbocycles. The van der Waals surface area contributed by atoms with Crippen LogP contribution in [0.15, 0.2) is 42.7 Å². The molecule has 1 atom stereocenters. The summed E-state index contributed by atoms with van der Waals surface area (Å²) < 4.78 is 30.8. The highest BCUT2D eigenvalue weighted by Crippen LogP contribution is 2.40. The van der Waals surface area contributed by atoms with Gasteiger partial charge in [-0.15, -0.1) is 0 Å². The Bertz CT molecular complexity index is 1440. The van der Waals surface area contributed by atoms with Gasteiger partial charge in [0.25, 0.3) is 0 Å². The van der Waals surface area contributed by atoms with Crippen LogP contribution in [0.5, 0.6) is 0 Å². The topological polar surface area (TPSA) is 58.9 Å². The predicted molar refractivity (Wildman–Crippen MR) is 132 cm³/mol. The minimum absolute atomic E-state index is 0.274. The van der Waals surface area contributed by atoms with Gasteiger partial charge in [0.05, 0.1) is 11.1 Å². The van der Waals surface area contributed by atoms with E-state index in [1.165, 1.54) is 55.8 Å². The maximum Gasteiger partial charge on any atom is 0.229 e. The molecule has 0 fully saturated rings. The van der Waals surface area contributed by atoms with E-state index in [0.29, 0.717) is 23.3 Å². The van der Waals surface area contributed by atoms with Crippen molar-refractivity contribution >= 4 is 22.7 Å². The number of hydrogen-bond acceptors (Lipinski definition) is 5. The zero-order valence-corrected chi connectivity index (χ0v) is 20.1. The number of halogens is 2. The van der Waals surface area contributed by atoms with E-state index in [2.05, 4.69) is 44.3 Å². The van der Waals surface area contributed by atoms with Crippen LogP contribution in [0.25, 0.3) is 16.9 Å². The van der Waals surface area contributed by atoms with Crippen LogP contribution in [-0.2, 0) is 18.6 Å². The van der Waals surface area contributed by atoms with E-state index in [-0.39, 0.29) is 11.1 Å². The molecule has 2 aliphatic rings. The average molecular weight is 475 g/mol. The maximum absolute atomic E-state index is 14.7. The Morgan fingerprint density at radius 2 is 1.97 bits per heavy atom. The molecule has 0 amide bonds. The summed E-state index contributed by atoms with van der Waals surface area (Å²) >= 11 is 0. The number of hydrogen-bond donors (Lipinski definition) is 1. The molecule has 180 valence electrons. The van der Waals surface area contributed by atoms with E-state index >= 15 is 0 Å². The molecule has 4 heterocycles. The first kappa shape index (κ1) is 22.1. The molecular formula is C27H28F2N6. The molecule has 0 saturated carbocycles. The van der Waals surface area contributed by atoms with Gasteiger partial charge in [0.2, 0.25) is 5.95 Å². The van der Waals surface area contributed by atoms with E-state index in [0.717, 1.165) is 25.2 Å². The molecule has 35 heavy (non-hydrogen) atoms. The monoisotopic (exact) mass is 474 g/mol. The number of benzene rings is 1. The minimum atomic E-state index is -1.61. The van der Waals surface area contributed by atoms with Crippen molar-refractivity contribution in [2.75, 3.05) is 18.9 Å². The lowest BCUT2D eigenvalue weighted by molar-refractivity contribution is 0.214. The Hall–Kier alpha value is -3.39. The first-order valence-electron chi connectivity index (χ1n) is 12.1. The second-order valence-electron chi connectivity index (χ2n) is 10.3. The van der Waals surface area contributed by atoms with Crippen molar-refractivity contribution in [3.63, 3.8) is 0 Å². The van der Waals surface area contributed by atoms with Crippen LogP contribution in [0.4, 0.5) is 20.4 Å². The van der Waals surface area contributed by atoms with Gasteiger partial charge in [-0.05, 0) is 87.0 Å². The van der Waals surface area contributed by atoms with Gasteiger partial charge in [0.15, 0.2) is 11.5 Å². The Morgan fingerprint density at radius 3 is 2.80 bits per heavy atom. The first-order valence-corrected chi connectivity index (χ1v) is 12.1. The van der Waals surface area contributed by atoms with Crippen molar-refractivity contribution < 1.29 is 8.78 Å². The molecule has 1 unspecified atom stereocenters. The number of rotatable bonds is 4. The standard InChI is InChI=1S/C27H28F2N6/c1-27(2,29)22-8-5-9-23(32-22)35-15-21(28)20-12-30-26(33-25(20)35)31-19-10-16-6-4-7-17-13-34(3)14-18(11-19)24(16)17/h5,8-12,15,17H,4,6-7,13-14H2,1-3H3,(H,30,31,33). The van der Waals surface area contributed by atoms with E-state index in [1.807, 2.05) is 0 Å². The third kappa shape index (κ3) is 3.95. The van der Waals surface area contributed by atoms with Gasteiger partial charge in [-0.2, -0.15) is 4.98 Å². The molecule has 0 radical (unpaired) electrons. The highest BCUT2D eigenvalue weighted by Gasteiger charge is 2.29. The fraction of sp³-hybridized carbons (Fsp3) is 0.370. The Balaban J connectivity index is 1.39. The molecule has 1 N–H and O–H groups in total. The molecule has 0 spiro atoms. The van der Waals surface area contributed by atoms with Gasteiger partial charge >= 0.3 is 0 Å². The summed E-state index contributed by atoms with van der Waals surface area (Å²) in [7, 11) is 2.17. The molecule has 1 aliphatic heterocycles. The lowest BCUT2D eigenvalue weighted by Crippen LogP contribution is -2.33. The second-order valence-corrected chi connectivity index (χ2v) is 10.3. The molecule has 4 aromatic rings. The summed E-state index contributed by atoms with van der Waals surface area (Å²) in [4.78, 5) is 15.8. The fourth-order valence-electron chi connectivity index (χ4n) is 5.53.